The molecule has 2 rings (SSSR count). The summed E-state index contributed by atoms with van der Waals surface area (Å²) in [5, 5.41) is 1.39. The third-order valence-corrected chi connectivity index (χ3v) is 4.18. The molecule has 1 amide bonds. The lowest BCUT2D eigenvalue weighted by Gasteiger charge is -2.18. The molecule has 0 aliphatic heterocycles. The van der Waals surface area contributed by atoms with E-state index in [1.54, 1.807) is 18.2 Å². The first-order valence-electron chi connectivity index (χ1n) is 5.54. The molecule has 0 spiro atoms. The molecule has 0 heterocycles. The third kappa shape index (κ3) is 2.59. The Labute approximate surface area is 111 Å². The molecule has 0 saturated heterocycles. The first kappa shape index (κ1) is 13.5. The summed E-state index contributed by atoms with van der Waals surface area (Å²) in [6.45, 7) is 1.22. The third-order valence-electron chi connectivity index (χ3n) is 2.60. The average Bonchev–Trinajstić information content (AvgIpc) is 2.37. The lowest BCUT2D eigenvalue weighted by atomic mass is 10.1. The lowest BCUT2D eigenvalue weighted by Crippen LogP contribution is -2.40. The maximum absolute atomic E-state index is 12.3. The summed E-state index contributed by atoms with van der Waals surface area (Å²) in [7, 11) is -0.524. The monoisotopic (exact) mass is 277 g/mol. The molecular formula is C13H13N2O3S. The zero-order chi connectivity index (χ0) is 14.0. The lowest BCUT2D eigenvalue weighted by molar-refractivity contribution is -0.121. The van der Waals surface area contributed by atoms with Gasteiger partial charge in [-0.05, 0) is 11.5 Å². The second-order valence-electron chi connectivity index (χ2n) is 4.00. The van der Waals surface area contributed by atoms with Gasteiger partial charge in [-0.3, -0.25) is 10.2 Å². The van der Waals surface area contributed by atoms with E-state index in [-0.39, 0.29) is 4.90 Å². The first-order chi connectivity index (χ1) is 8.93. The average molecular weight is 277 g/mol. The van der Waals surface area contributed by atoms with E-state index in [0.717, 1.165) is 5.39 Å². The van der Waals surface area contributed by atoms with Crippen LogP contribution in [0.5, 0.6) is 0 Å². The molecule has 0 bridgehead atoms. The van der Waals surface area contributed by atoms with Crippen LogP contribution in [-0.2, 0) is 14.8 Å². The molecular weight excluding hydrogens is 264 g/mol. The molecule has 99 valence electrons. The number of carbonyl (C=O) groups is 1. The normalized spacial score (nSPS) is 11.7. The van der Waals surface area contributed by atoms with Crippen LogP contribution >= 0.6 is 0 Å². The number of carbonyl (C=O) groups excluding carboxylic acids is 1. The van der Waals surface area contributed by atoms with Gasteiger partial charge in [0.1, 0.15) is 0 Å². The van der Waals surface area contributed by atoms with E-state index in [1.165, 1.54) is 13.0 Å². The fourth-order valence-electron chi connectivity index (χ4n) is 1.78. The predicted octanol–water partition coefficient (Wildman–Crippen LogP) is 1.67. The fourth-order valence-corrected chi connectivity index (χ4v) is 2.98. The highest BCUT2D eigenvalue weighted by Crippen LogP contribution is 2.24. The van der Waals surface area contributed by atoms with E-state index in [0.29, 0.717) is 9.80 Å². The van der Waals surface area contributed by atoms with Gasteiger partial charge in [0.05, 0.1) is 11.9 Å². The number of hydrogen-bond acceptors (Lipinski definition) is 3. The van der Waals surface area contributed by atoms with Gasteiger partial charge < -0.3 is 0 Å². The van der Waals surface area contributed by atoms with Gasteiger partial charge in [-0.2, -0.15) is 0 Å². The van der Waals surface area contributed by atoms with Crippen molar-refractivity contribution in [1.82, 2.24) is 9.84 Å². The molecule has 1 radical (unpaired) electrons. The van der Waals surface area contributed by atoms with Crippen LogP contribution < -0.4 is 5.43 Å². The number of nitrogens with one attached hydrogen (secondary N) is 1. The molecule has 2 aromatic carbocycles. The van der Waals surface area contributed by atoms with Gasteiger partial charge in [0.25, 0.3) is 10.0 Å². The van der Waals surface area contributed by atoms with Crippen molar-refractivity contribution in [3.63, 3.8) is 0 Å². The van der Waals surface area contributed by atoms with Crippen molar-refractivity contribution in [3.05, 3.63) is 49.5 Å². The maximum atomic E-state index is 12.3. The molecule has 5 nitrogen and oxygen atoms in total. The van der Waals surface area contributed by atoms with Gasteiger partial charge in [0, 0.05) is 12.3 Å². The maximum Gasteiger partial charge on any atom is 0.260 e. The van der Waals surface area contributed by atoms with Crippen LogP contribution in [0.3, 0.4) is 0 Å². The van der Waals surface area contributed by atoms with E-state index < -0.39 is 15.9 Å². The van der Waals surface area contributed by atoms with Gasteiger partial charge in [0.15, 0.2) is 0 Å². The summed E-state index contributed by atoms with van der Waals surface area (Å²) in [6, 6.07) is 12.1. The first-order valence-corrected chi connectivity index (χ1v) is 6.98. The minimum atomic E-state index is -3.87. The number of hydrogen-bond donors (Lipinski definition) is 1. The highest BCUT2D eigenvalue weighted by atomic mass is 32.2. The number of amides is 1. The number of hydrazine groups is 1. The molecule has 0 unspecified atom stereocenters. The standard InChI is InChI=1S/C13H13N2O3S/c1-10(16)14-15(2)19(17,18)13-9-5-7-11-6-3-4-8-12(11)13/h3-9H,2H2,1H3,(H,14,16). The molecule has 1 N–H and O–H groups in total. The van der Waals surface area contributed by atoms with Gasteiger partial charge in [-0.25, -0.2) is 8.42 Å². The van der Waals surface area contributed by atoms with Crippen LogP contribution in [-0.4, -0.2) is 18.7 Å². The van der Waals surface area contributed by atoms with Crippen molar-refractivity contribution in [1.29, 1.82) is 0 Å². The molecule has 0 aliphatic carbocycles. The molecule has 0 aromatic heterocycles. The Morgan fingerprint density at radius 1 is 1.16 bits per heavy atom. The molecule has 2 aromatic rings. The van der Waals surface area contributed by atoms with Gasteiger partial charge >= 0.3 is 0 Å². The Bertz CT molecular complexity index is 720. The second kappa shape index (κ2) is 4.99. The Morgan fingerprint density at radius 3 is 2.47 bits per heavy atom. The Hall–Kier alpha value is -1.92. The van der Waals surface area contributed by atoms with Crippen LogP contribution in [0.4, 0.5) is 0 Å². The summed E-state index contributed by atoms with van der Waals surface area (Å²) < 4.78 is 25.2. The Morgan fingerprint density at radius 2 is 1.79 bits per heavy atom. The molecule has 19 heavy (non-hydrogen) atoms. The van der Waals surface area contributed by atoms with Crippen molar-refractivity contribution in [2.45, 2.75) is 11.8 Å². The molecule has 0 saturated carbocycles. The minimum absolute atomic E-state index is 0.106. The predicted molar refractivity (Wildman–Crippen MR) is 72.1 cm³/mol. The van der Waals surface area contributed by atoms with E-state index >= 15 is 0 Å². The van der Waals surface area contributed by atoms with E-state index in [2.05, 4.69) is 12.5 Å². The van der Waals surface area contributed by atoms with Crippen LogP contribution in [0.1, 0.15) is 6.92 Å². The van der Waals surface area contributed by atoms with Crippen molar-refractivity contribution in [2.75, 3.05) is 0 Å². The summed E-state index contributed by atoms with van der Waals surface area (Å²) in [5.74, 6) is -0.501. The van der Waals surface area contributed by atoms with Gasteiger partial charge in [0.2, 0.25) is 5.91 Å². The number of fused-ring (bicyclic) bond motifs is 1. The largest absolute Gasteiger partial charge is 0.275 e. The molecule has 0 fully saturated rings. The quantitative estimate of drug-likeness (QED) is 0.868. The molecule has 6 heteroatoms. The smallest absolute Gasteiger partial charge is 0.260 e. The van der Waals surface area contributed by atoms with Crippen molar-refractivity contribution < 1.29 is 13.2 Å². The van der Waals surface area contributed by atoms with E-state index in [4.69, 9.17) is 0 Å². The summed E-state index contributed by atoms with van der Waals surface area (Å²) in [5.41, 5.74) is 2.14. The van der Waals surface area contributed by atoms with Crippen LogP contribution in [0.2, 0.25) is 0 Å². The van der Waals surface area contributed by atoms with Crippen molar-refractivity contribution in [3.8, 4) is 0 Å². The van der Waals surface area contributed by atoms with Gasteiger partial charge in [-0.1, -0.05) is 36.4 Å². The second-order valence-corrected chi connectivity index (χ2v) is 5.83. The van der Waals surface area contributed by atoms with Gasteiger partial charge in [-0.15, -0.1) is 4.41 Å². The summed E-state index contributed by atoms with van der Waals surface area (Å²) >= 11 is 0. The number of nitrogens with zero attached hydrogens (tertiary/aromatic N) is 1. The number of sulfonamides is 1. The Balaban J connectivity index is 2.58. The molecule has 0 atom stereocenters. The van der Waals surface area contributed by atoms with Crippen LogP contribution in [0.15, 0.2) is 47.4 Å². The van der Waals surface area contributed by atoms with E-state index in [9.17, 15) is 13.2 Å². The Kier molecular flexibility index (Phi) is 3.55. The number of benzene rings is 2. The summed E-state index contributed by atoms with van der Waals surface area (Å²) in [4.78, 5) is 11.0. The SMILES string of the molecule is [CH2]N(NC(C)=O)S(=O)(=O)c1cccc2ccccc12. The fraction of sp³-hybridized carbons (Fsp3) is 0.0769. The highest BCUT2D eigenvalue weighted by Gasteiger charge is 2.23. The molecule has 0 aliphatic rings. The van der Waals surface area contributed by atoms with Crippen LogP contribution in [0.25, 0.3) is 10.8 Å². The van der Waals surface area contributed by atoms with Crippen LogP contribution in [0, 0.1) is 7.05 Å². The minimum Gasteiger partial charge on any atom is -0.275 e. The summed E-state index contributed by atoms with van der Waals surface area (Å²) in [6.07, 6.45) is 0. The highest BCUT2D eigenvalue weighted by molar-refractivity contribution is 7.89. The topological polar surface area (TPSA) is 66.5 Å². The number of rotatable bonds is 3. The van der Waals surface area contributed by atoms with Crippen molar-refractivity contribution >= 4 is 26.7 Å². The van der Waals surface area contributed by atoms with Crippen molar-refractivity contribution in [2.24, 2.45) is 0 Å². The van der Waals surface area contributed by atoms with E-state index in [1.807, 2.05) is 18.2 Å². The zero-order valence-corrected chi connectivity index (χ0v) is 11.1. The zero-order valence-electron chi connectivity index (χ0n) is 10.3.